The summed E-state index contributed by atoms with van der Waals surface area (Å²) >= 11 is 0. The Bertz CT molecular complexity index is 434. The van der Waals surface area contributed by atoms with E-state index in [-0.39, 0.29) is 0 Å². The van der Waals surface area contributed by atoms with Gasteiger partial charge in [-0.3, -0.25) is 0 Å². The monoisotopic (exact) mass is 244 g/mol. The molecule has 0 saturated heterocycles. The lowest BCUT2D eigenvalue weighted by molar-refractivity contribution is 0.474. The standard InChI is InChI=1S/C16H24N2/c1-12(2)14-9-18(11-16(10-17)7-8-16)15-6-4-3-5-13(14)15/h3-6,12,14H,7-11,17H2,1-2H3. The summed E-state index contributed by atoms with van der Waals surface area (Å²) in [5.41, 5.74) is 9.36. The second-order valence-electron chi connectivity index (χ2n) is 6.49. The molecule has 1 aliphatic heterocycles. The molecule has 0 amide bonds. The third kappa shape index (κ3) is 1.93. The highest BCUT2D eigenvalue weighted by Gasteiger charge is 2.44. The van der Waals surface area contributed by atoms with Gasteiger partial charge in [0.15, 0.2) is 0 Å². The van der Waals surface area contributed by atoms with Gasteiger partial charge in [0.1, 0.15) is 0 Å². The van der Waals surface area contributed by atoms with E-state index in [2.05, 4.69) is 43.0 Å². The molecule has 18 heavy (non-hydrogen) atoms. The van der Waals surface area contributed by atoms with E-state index in [1.54, 1.807) is 5.56 Å². The van der Waals surface area contributed by atoms with E-state index >= 15 is 0 Å². The number of anilines is 1. The zero-order chi connectivity index (χ0) is 12.8. The molecule has 1 atom stereocenters. The summed E-state index contributed by atoms with van der Waals surface area (Å²) < 4.78 is 0. The first-order chi connectivity index (χ1) is 8.65. The molecule has 1 aromatic rings. The van der Waals surface area contributed by atoms with Crippen LogP contribution in [0.1, 0.15) is 38.2 Å². The van der Waals surface area contributed by atoms with Gasteiger partial charge in [-0.15, -0.1) is 0 Å². The molecular formula is C16H24N2. The minimum atomic E-state index is 0.430. The Labute approximate surface area is 110 Å². The molecule has 0 spiro atoms. The number of para-hydroxylation sites is 1. The van der Waals surface area contributed by atoms with E-state index < -0.39 is 0 Å². The lowest BCUT2D eigenvalue weighted by atomic mass is 9.90. The summed E-state index contributed by atoms with van der Waals surface area (Å²) in [4.78, 5) is 2.58. The van der Waals surface area contributed by atoms with Crippen molar-refractivity contribution in [3.05, 3.63) is 29.8 Å². The molecule has 1 heterocycles. The van der Waals surface area contributed by atoms with Crippen molar-refractivity contribution in [3.8, 4) is 0 Å². The molecule has 1 aromatic carbocycles. The molecule has 2 nitrogen and oxygen atoms in total. The minimum Gasteiger partial charge on any atom is -0.370 e. The predicted molar refractivity (Wildman–Crippen MR) is 77.0 cm³/mol. The van der Waals surface area contributed by atoms with Crippen molar-refractivity contribution in [3.63, 3.8) is 0 Å². The van der Waals surface area contributed by atoms with Gasteiger partial charge in [0, 0.05) is 30.1 Å². The third-order valence-electron chi connectivity index (χ3n) is 4.82. The van der Waals surface area contributed by atoms with Crippen molar-refractivity contribution >= 4 is 5.69 Å². The molecule has 98 valence electrons. The van der Waals surface area contributed by atoms with E-state index in [0.29, 0.717) is 17.3 Å². The first-order valence-corrected chi connectivity index (χ1v) is 7.19. The maximum Gasteiger partial charge on any atom is 0.0402 e. The molecule has 2 heteroatoms. The van der Waals surface area contributed by atoms with Crippen LogP contribution in [0.5, 0.6) is 0 Å². The zero-order valence-corrected chi connectivity index (χ0v) is 11.5. The van der Waals surface area contributed by atoms with Gasteiger partial charge in [-0.2, -0.15) is 0 Å². The fraction of sp³-hybridized carbons (Fsp3) is 0.625. The topological polar surface area (TPSA) is 29.3 Å². The van der Waals surface area contributed by atoms with Crippen molar-refractivity contribution in [2.45, 2.75) is 32.6 Å². The maximum atomic E-state index is 5.93. The van der Waals surface area contributed by atoms with Gasteiger partial charge in [0.05, 0.1) is 0 Å². The van der Waals surface area contributed by atoms with E-state index in [1.165, 1.54) is 25.1 Å². The van der Waals surface area contributed by atoms with Gasteiger partial charge in [0.2, 0.25) is 0 Å². The lowest BCUT2D eigenvalue weighted by Gasteiger charge is -2.25. The van der Waals surface area contributed by atoms with E-state index in [0.717, 1.165) is 13.1 Å². The summed E-state index contributed by atoms with van der Waals surface area (Å²) in [5.74, 6) is 1.40. The van der Waals surface area contributed by atoms with E-state index in [1.807, 2.05) is 0 Å². The van der Waals surface area contributed by atoms with Crippen molar-refractivity contribution in [1.82, 2.24) is 0 Å². The quantitative estimate of drug-likeness (QED) is 0.882. The number of rotatable bonds is 4. The van der Waals surface area contributed by atoms with E-state index in [9.17, 15) is 0 Å². The van der Waals surface area contributed by atoms with Crippen molar-refractivity contribution < 1.29 is 0 Å². The highest BCUT2D eigenvalue weighted by Crippen LogP contribution is 2.48. The van der Waals surface area contributed by atoms with Crippen molar-refractivity contribution in [1.29, 1.82) is 0 Å². The molecule has 0 aromatic heterocycles. The van der Waals surface area contributed by atoms with Crippen LogP contribution in [-0.4, -0.2) is 19.6 Å². The van der Waals surface area contributed by atoms with Gasteiger partial charge in [-0.25, -0.2) is 0 Å². The van der Waals surface area contributed by atoms with Crippen LogP contribution in [0.25, 0.3) is 0 Å². The normalized spacial score (nSPS) is 24.4. The summed E-state index contributed by atoms with van der Waals surface area (Å²) in [6.45, 7) is 7.85. The Kier molecular flexibility index (Phi) is 2.86. The van der Waals surface area contributed by atoms with Gasteiger partial charge in [-0.1, -0.05) is 32.0 Å². The predicted octanol–water partition coefficient (Wildman–Crippen LogP) is 2.99. The number of nitrogens with zero attached hydrogens (tertiary/aromatic N) is 1. The second-order valence-corrected chi connectivity index (χ2v) is 6.49. The van der Waals surface area contributed by atoms with Gasteiger partial charge in [0.25, 0.3) is 0 Å². The number of nitrogens with two attached hydrogens (primary N) is 1. The molecule has 2 aliphatic rings. The molecule has 0 bridgehead atoms. The fourth-order valence-corrected chi connectivity index (χ4v) is 3.25. The molecule has 3 rings (SSSR count). The molecule has 1 unspecified atom stereocenters. The van der Waals surface area contributed by atoms with Crippen molar-refractivity contribution in [2.24, 2.45) is 17.1 Å². The second kappa shape index (κ2) is 4.27. The molecule has 1 saturated carbocycles. The molecule has 2 N–H and O–H groups in total. The number of benzene rings is 1. The average Bonchev–Trinajstić information content (AvgIpc) is 3.05. The first-order valence-electron chi connectivity index (χ1n) is 7.19. The Hall–Kier alpha value is -1.02. The highest BCUT2D eigenvalue weighted by molar-refractivity contribution is 5.60. The number of hydrogen-bond donors (Lipinski definition) is 1. The largest absolute Gasteiger partial charge is 0.370 e. The summed E-state index contributed by atoms with van der Waals surface area (Å²) in [6.07, 6.45) is 2.63. The molecule has 1 fully saturated rings. The van der Waals surface area contributed by atoms with Crippen LogP contribution in [0.15, 0.2) is 24.3 Å². The summed E-state index contributed by atoms with van der Waals surface area (Å²) in [7, 11) is 0. The SMILES string of the molecule is CC(C)C1CN(CC2(CN)CC2)c2ccccc21. The van der Waals surface area contributed by atoms with Crippen LogP contribution in [0.4, 0.5) is 5.69 Å². The average molecular weight is 244 g/mol. The molecular weight excluding hydrogens is 220 g/mol. The number of hydrogen-bond acceptors (Lipinski definition) is 2. The summed E-state index contributed by atoms with van der Waals surface area (Å²) in [5, 5.41) is 0. The van der Waals surface area contributed by atoms with E-state index in [4.69, 9.17) is 5.73 Å². The van der Waals surface area contributed by atoms with Gasteiger partial charge < -0.3 is 10.6 Å². The van der Waals surface area contributed by atoms with Crippen LogP contribution in [0, 0.1) is 11.3 Å². The van der Waals surface area contributed by atoms with Crippen LogP contribution in [-0.2, 0) is 0 Å². The molecule has 0 radical (unpaired) electrons. The van der Waals surface area contributed by atoms with Gasteiger partial charge in [-0.05, 0) is 36.9 Å². The first kappa shape index (κ1) is 12.0. The number of fused-ring (bicyclic) bond motifs is 1. The maximum absolute atomic E-state index is 5.93. The Morgan fingerprint density at radius 1 is 1.33 bits per heavy atom. The van der Waals surface area contributed by atoms with Crippen LogP contribution in [0.3, 0.4) is 0 Å². The summed E-state index contributed by atoms with van der Waals surface area (Å²) in [6, 6.07) is 8.93. The molecule has 1 aliphatic carbocycles. The van der Waals surface area contributed by atoms with Crippen LogP contribution in [0.2, 0.25) is 0 Å². The smallest absolute Gasteiger partial charge is 0.0402 e. The fourth-order valence-electron chi connectivity index (χ4n) is 3.25. The Morgan fingerprint density at radius 2 is 2.06 bits per heavy atom. The minimum absolute atomic E-state index is 0.430. The highest BCUT2D eigenvalue weighted by atomic mass is 15.2. The Morgan fingerprint density at radius 3 is 2.67 bits per heavy atom. The van der Waals surface area contributed by atoms with Gasteiger partial charge >= 0.3 is 0 Å². The van der Waals surface area contributed by atoms with Crippen molar-refractivity contribution in [2.75, 3.05) is 24.5 Å². The third-order valence-corrected chi connectivity index (χ3v) is 4.82. The van der Waals surface area contributed by atoms with Crippen LogP contribution < -0.4 is 10.6 Å². The zero-order valence-electron chi connectivity index (χ0n) is 11.5. The lowest BCUT2D eigenvalue weighted by Crippen LogP contribution is -2.34. The Balaban J connectivity index is 1.85. The van der Waals surface area contributed by atoms with Crippen LogP contribution >= 0.6 is 0 Å².